The van der Waals surface area contributed by atoms with Crippen molar-refractivity contribution in [3.8, 4) is 0 Å². The van der Waals surface area contributed by atoms with Gasteiger partial charge in [0.15, 0.2) is 5.58 Å². The first kappa shape index (κ1) is 13.3. The molecule has 2 aromatic rings. The zero-order valence-electron chi connectivity index (χ0n) is 10.9. The zero-order valence-corrected chi connectivity index (χ0v) is 10.9. The first-order valence-electron chi connectivity index (χ1n) is 6.02. The summed E-state index contributed by atoms with van der Waals surface area (Å²) in [6.07, 6.45) is 0.823. The molecule has 0 aliphatic rings. The Labute approximate surface area is 110 Å². The van der Waals surface area contributed by atoms with E-state index < -0.39 is 0 Å². The molecule has 0 aliphatic heterocycles. The van der Waals surface area contributed by atoms with Gasteiger partial charge in [0, 0.05) is 12.6 Å². The molecule has 0 unspecified atom stereocenters. The normalized spacial score (nSPS) is 10.7. The van der Waals surface area contributed by atoms with E-state index in [1.165, 1.54) is 25.3 Å². The third-order valence-corrected chi connectivity index (χ3v) is 2.65. The van der Waals surface area contributed by atoms with Crippen LogP contribution in [0.25, 0.3) is 11.1 Å². The smallest absolute Gasteiger partial charge is 0.325 e. The van der Waals surface area contributed by atoms with Crippen molar-refractivity contribution in [3.05, 3.63) is 24.0 Å². The monoisotopic (exact) mass is 266 g/mol. The summed E-state index contributed by atoms with van der Waals surface area (Å²) < 4.78 is 23.2. The Balaban J connectivity index is 2.30. The van der Waals surface area contributed by atoms with Crippen LogP contribution in [0.15, 0.2) is 22.6 Å². The lowest BCUT2D eigenvalue weighted by atomic mass is 10.3. The molecule has 0 fully saturated rings. The lowest BCUT2D eigenvalue weighted by molar-refractivity contribution is -0.139. The highest BCUT2D eigenvalue weighted by atomic mass is 19.1. The van der Waals surface area contributed by atoms with E-state index in [4.69, 9.17) is 4.42 Å². The van der Waals surface area contributed by atoms with E-state index in [9.17, 15) is 9.18 Å². The average molecular weight is 266 g/mol. The number of anilines is 1. The van der Waals surface area contributed by atoms with E-state index in [-0.39, 0.29) is 18.3 Å². The molecular formula is C13H15FN2O3. The van der Waals surface area contributed by atoms with Gasteiger partial charge in [0.1, 0.15) is 17.9 Å². The number of nitrogens with zero attached hydrogens (tertiary/aromatic N) is 2. The molecule has 0 spiro atoms. The van der Waals surface area contributed by atoms with Gasteiger partial charge in [-0.3, -0.25) is 4.79 Å². The van der Waals surface area contributed by atoms with Gasteiger partial charge in [0.2, 0.25) is 0 Å². The topological polar surface area (TPSA) is 55.6 Å². The van der Waals surface area contributed by atoms with Crippen LogP contribution in [0.5, 0.6) is 0 Å². The Hall–Kier alpha value is -2.11. The van der Waals surface area contributed by atoms with Crippen LogP contribution in [0.1, 0.15) is 13.3 Å². The maximum Gasteiger partial charge on any atom is 0.325 e. The molecule has 0 atom stereocenters. The molecule has 102 valence electrons. The molecule has 19 heavy (non-hydrogen) atoms. The summed E-state index contributed by atoms with van der Waals surface area (Å²) in [4.78, 5) is 17.2. The minimum Gasteiger partial charge on any atom is -0.468 e. The Morgan fingerprint density at radius 3 is 3.00 bits per heavy atom. The number of fused-ring (bicyclic) bond motifs is 1. The molecule has 6 heteroatoms. The van der Waals surface area contributed by atoms with Gasteiger partial charge in [-0.25, -0.2) is 4.39 Å². The quantitative estimate of drug-likeness (QED) is 0.777. The summed E-state index contributed by atoms with van der Waals surface area (Å²) in [7, 11) is 1.33. The van der Waals surface area contributed by atoms with Crippen LogP contribution in [0.2, 0.25) is 0 Å². The molecule has 2 rings (SSSR count). The van der Waals surface area contributed by atoms with Gasteiger partial charge in [-0.15, -0.1) is 0 Å². The van der Waals surface area contributed by atoms with Crippen molar-refractivity contribution in [2.45, 2.75) is 13.3 Å². The van der Waals surface area contributed by atoms with Gasteiger partial charge in [-0.05, 0) is 18.6 Å². The summed E-state index contributed by atoms with van der Waals surface area (Å²) in [5.74, 6) is -0.746. The number of ether oxygens (including phenoxy) is 1. The number of hydrogen-bond donors (Lipinski definition) is 0. The minimum absolute atomic E-state index is 0.0552. The van der Waals surface area contributed by atoms with E-state index in [2.05, 4.69) is 9.72 Å². The summed E-state index contributed by atoms with van der Waals surface area (Å²) in [5, 5.41) is 0. The van der Waals surface area contributed by atoms with Crippen LogP contribution in [0, 0.1) is 5.82 Å². The highest BCUT2D eigenvalue weighted by Gasteiger charge is 2.17. The third kappa shape index (κ3) is 3.01. The molecule has 0 saturated carbocycles. The molecule has 0 aliphatic carbocycles. The maximum absolute atomic E-state index is 13.1. The number of carbonyl (C=O) groups is 1. The summed E-state index contributed by atoms with van der Waals surface area (Å²) in [6, 6.07) is 4.42. The van der Waals surface area contributed by atoms with Gasteiger partial charge in [0.25, 0.3) is 6.01 Å². The molecule has 1 heterocycles. The van der Waals surface area contributed by atoms with Crippen molar-refractivity contribution in [1.82, 2.24) is 4.98 Å². The van der Waals surface area contributed by atoms with Gasteiger partial charge in [0.05, 0.1) is 7.11 Å². The minimum atomic E-state index is -0.373. The number of rotatable bonds is 5. The van der Waals surface area contributed by atoms with Crippen molar-refractivity contribution in [1.29, 1.82) is 0 Å². The van der Waals surface area contributed by atoms with E-state index in [0.29, 0.717) is 23.7 Å². The maximum atomic E-state index is 13.1. The third-order valence-electron chi connectivity index (χ3n) is 2.65. The molecule has 0 radical (unpaired) electrons. The number of halogens is 1. The van der Waals surface area contributed by atoms with Crippen molar-refractivity contribution in [2.24, 2.45) is 0 Å². The SMILES string of the molecule is CCCN(CC(=O)OC)c1nc2cc(F)ccc2o1. The first-order valence-corrected chi connectivity index (χ1v) is 6.02. The number of carbonyl (C=O) groups excluding carboxylic acids is 1. The molecule has 0 amide bonds. The Morgan fingerprint density at radius 2 is 2.32 bits per heavy atom. The number of methoxy groups -OCH3 is 1. The van der Waals surface area contributed by atoms with Crippen molar-refractivity contribution in [2.75, 3.05) is 25.1 Å². The van der Waals surface area contributed by atoms with Crippen molar-refractivity contribution < 1.29 is 18.3 Å². The average Bonchev–Trinajstić information content (AvgIpc) is 2.80. The molecule has 0 saturated heterocycles. The molecule has 1 aromatic carbocycles. The van der Waals surface area contributed by atoms with Crippen LogP contribution >= 0.6 is 0 Å². The number of benzene rings is 1. The highest BCUT2D eigenvalue weighted by molar-refractivity contribution is 5.77. The summed E-state index contributed by atoms with van der Waals surface area (Å²) in [5.41, 5.74) is 0.920. The van der Waals surface area contributed by atoms with E-state index in [1.54, 1.807) is 4.90 Å². The van der Waals surface area contributed by atoms with Crippen LogP contribution in [0.4, 0.5) is 10.4 Å². The fraction of sp³-hybridized carbons (Fsp3) is 0.385. The lowest BCUT2D eigenvalue weighted by Gasteiger charge is -2.17. The number of aromatic nitrogens is 1. The van der Waals surface area contributed by atoms with Gasteiger partial charge >= 0.3 is 5.97 Å². The number of oxazole rings is 1. The van der Waals surface area contributed by atoms with Gasteiger partial charge < -0.3 is 14.1 Å². The fourth-order valence-corrected chi connectivity index (χ4v) is 1.76. The predicted molar refractivity (Wildman–Crippen MR) is 68.5 cm³/mol. The largest absolute Gasteiger partial charge is 0.468 e. The fourth-order valence-electron chi connectivity index (χ4n) is 1.76. The molecule has 0 bridgehead atoms. The molecule has 5 nitrogen and oxygen atoms in total. The van der Waals surface area contributed by atoms with Crippen LogP contribution in [-0.2, 0) is 9.53 Å². The van der Waals surface area contributed by atoms with E-state index >= 15 is 0 Å². The first-order chi connectivity index (χ1) is 9.13. The highest BCUT2D eigenvalue weighted by Crippen LogP contribution is 2.22. The second kappa shape index (κ2) is 5.69. The predicted octanol–water partition coefficient (Wildman–Crippen LogP) is 2.36. The standard InChI is InChI=1S/C13H15FN2O3/c1-3-6-16(8-12(17)18-2)13-15-10-7-9(14)4-5-11(10)19-13/h4-5,7H,3,6,8H2,1-2H3. The zero-order chi connectivity index (χ0) is 13.8. The van der Waals surface area contributed by atoms with Crippen molar-refractivity contribution >= 4 is 23.1 Å². The number of esters is 1. The second-order valence-corrected chi connectivity index (χ2v) is 4.11. The Kier molecular flexibility index (Phi) is 3.99. The van der Waals surface area contributed by atoms with E-state index in [1.807, 2.05) is 6.92 Å². The summed E-state index contributed by atoms with van der Waals surface area (Å²) >= 11 is 0. The van der Waals surface area contributed by atoms with Gasteiger partial charge in [-0.1, -0.05) is 6.92 Å². The van der Waals surface area contributed by atoms with Gasteiger partial charge in [-0.2, -0.15) is 4.98 Å². The van der Waals surface area contributed by atoms with E-state index in [0.717, 1.165) is 6.42 Å². The van der Waals surface area contributed by atoms with Crippen LogP contribution < -0.4 is 4.90 Å². The van der Waals surface area contributed by atoms with Crippen LogP contribution in [0.3, 0.4) is 0 Å². The lowest BCUT2D eigenvalue weighted by Crippen LogP contribution is -2.31. The summed E-state index contributed by atoms with van der Waals surface area (Å²) in [6.45, 7) is 2.64. The molecule has 0 N–H and O–H groups in total. The van der Waals surface area contributed by atoms with Crippen LogP contribution in [-0.4, -0.2) is 31.2 Å². The second-order valence-electron chi connectivity index (χ2n) is 4.11. The number of hydrogen-bond acceptors (Lipinski definition) is 5. The molecular weight excluding hydrogens is 251 g/mol. The van der Waals surface area contributed by atoms with Crippen molar-refractivity contribution in [3.63, 3.8) is 0 Å². The Morgan fingerprint density at radius 1 is 1.53 bits per heavy atom. The molecule has 1 aromatic heterocycles. The Bertz CT molecular complexity index is 582.